The fraction of sp³-hybridized carbons (Fsp3) is 0.538. The monoisotopic (exact) mass is 239 g/mol. The van der Waals surface area contributed by atoms with Gasteiger partial charge in [0.05, 0.1) is 0 Å². The molecule has 0 aliphatic rings. The molecule has 1 atom stereocenters. The van der Waals surface area contributed by atoms with Crippen LogP contribution < -0.4 is 5.32 Å². The molecule has 0 amide bonds. The Bertz CT molecular complexity index is 328. The van der Waals surface area contributed by atoms with Gasteiger partial charge < -0.3 is 10.4 Å². The van der Waals surface area contributed by atoms with Gasteiger partial charge in [0.2, 0.25) is 0 Å². The summed E-state index contributed by atoms with van der Waals surface area (Å²) >= 11 is 1.86. The lowest BCUT2D eigenvalue weighted by Crippen LogP contribution is -2.20. The molecule has 0 bridgehead atoms. The van der Waals surface area contributed by atoms with E-state index >= 15 is 0 Å². The fourth-order valence-corrected chi connectivity index (χ4v) is 2.10. The van der Waals surface area contributed by atoms with Crippen LogP contribution in [0.2, 0.25) is 0 Å². The molecule has 0 aliphatic heterocycles. The zero-order chi connectivity index (χ0) is 12.0. The van der Waals surface area contributed by atoms with Gasteiger partial charge in [-0.25, -0.2) is 0 Å². The molecular weight excluding hydrogens is 218 g/mol. The molecule has 1 aromatic rings. The topological polar surface area (TPSA) is 32.3 Å². The van der Waals surface area contributed by atoms with E-state index in [1.807, 2.05) is 36.9 Å². The van der Waals surface area contributed by atoms with Gasteiger partial charge in [0.15, 0.2) is 0 Å². The normalized spacial score (nSPS) is 12.7. The maximum absolute atomic E-state index is 9.82. The molecule has 0 aromatic heterocycles. The highest BCUT2D eigenvalue weighted by Crippen LogP contribution is 2.24. The first-order valence-corrected chi connectivity index (χ1v) is 7.06. The van der Waals surface area contributed by atoms with E-state index in [9.17, 15) is 5.11 Å². The highest BCUT2D eigenvalue weighted by Gasteiger charge is 2.08. The van der Waals surface area contributed by atoms with Crippen LogP contribution in [-0.2, 0) is 0 Å². The van der Waals surface area contributed by atoms with Crippen LogP contribution in [0.4, 0.5) is 0 Å². The van der Waals surface area contributed by atoms with Crippen molar-refractivity contribution in [2.45, 2.75) is 26.3 Å². The summed E-state index contributed by atoms with van der Waals surface area (Å²) in [7, 11) is 0. The van der Waals surface area contributed by atoms with Crippen molar-refractivity contribution in [3.63, 3.8) is 0 Å². The molecule has 2 N–H and O–H groups in total. The Morgan fingerprint density at radius 1 is 1.44 bits per heavy atom. The highest BCUT2D eigenvalue weighted by molar-refractivity contribution is 7.98. The Morgan fingerprint density at radius 2 is 2.19 bits per heavy atom. The predicted molar refractivity (Wildman–Crippen MR) is 72.3 cm³/mol. The first-order chi connectivity index (χ1) is 7.65. The molecule has 0 fully saturated rings. The number of nitrogens with one attached hydrogen (secondary N) is 1. The lowest BCUT2D eigenvalue weighted by atomic mass is 10.1. The minimum Gasteiger partial charge on any atom is -0.508 e. The van der Waals surface area contributed by atoms with Gasteiger partial charge in [-0.15, -0.1) is 0 Å². The quantitative estimate of drug-likeness (QED) is 0.748. The van der Waals surface area contributed by atoms with Crippen LogP contribution in [0.15, 0.2) is 18.2 Å². The number of aryl methyl sites for hydroxylation is 1. The predicted octanol–water partition coefficient (Wildman–Crippen LogP) is 3.10. The molecule has 0 aliphatic carbocycles. The van der Waals surface area contributed by atoms with Gasteiger partial charge in [0.25, 0.3) is 0 Å². The molecular formula is C13H21NOS. The molecule has 1 unspecified atom stereocenters. The molecule has 0 heterocycles. The Labute approximate surface area is 102 Å². The first kappa shape index (κ1) is 13.4. The number of phenols is 1. The van der Waals surface area contributed by atoms with Crippen molar-refractivity contribution < 1.29 is 5.11 Å². The van der Waals surface area contributed by atoms with Crippen LogP contribution >= 0.6 is 11.8 Å². The van der Waals surface area contributed by atoms with Gasteiger partial charge in [-0.05, 0) is 50.5 Å². The lowest BCUT2D eigenvalue weighted by Gasteiger charge is -2.15. The van der Waals surface area contributed by atoms with Crippen LogP contribution in [0.1, 0.15) is 30.5 Å². The fourth-order valence-electron chi connectivity index (χ4n) is 1.66. The summed E-state index contributed by atoms with van der Waals surface area (Å²) in [5, 5.41) is 13.2. The lowest BCUT2D eigenvalue weighted by molar-refractivity contribution is 0.452. The summed E-state index contributed by atoms with van der Waals surface area (Å²) in [5.41, 5.74) is 2.07. The van der Waals surface area contributed by atoms with Crippen molar-refractivity contribution in [2.75, 3.05) is 18.6 Å². The van der Waals surface area contributed by atoms with Crippen molar-refractivity contribution in [3.05, 3.63) is 29.3 Å². The van der Waals surface area contributed by atoms with Crippen LogP contribution in [0.5, 0.6) is 5.75 Å². The second kappa shape index (κ2) is 6.81. The van der Waals surface area contributed by atoms with E-state index in [2.05, 4.69) is 18.5 Å². The molecule has 90 valence electrons. The number of benzene rings is 1. The second-order valence-corrected chi connectivity index (χ2v) is 5.07. The average molecular weight is 239 g/mol. The first-order valence-electron chi connectivity index (χ1n) is 5.67. The largest absolute Gasteiger partial charge is 0.508 e. The number of phenolic OH excluding ortho intramolecular Hbond substituents is 1. The average Bonchev–Trinajstić information content (AvgIpc) is 2.24. The van der Waals surface area contributed by atoms with Gasteiger partial charge in [-0.3, -0.25) is 0 Å². The summed E-state index contributed by atoms with van der Waals surface area (Å²) in [4.78, 5) is 0. The van der Waals surface area contributed by atoms with Gasteiger partial charge in [0, 0.05) is 11.6 Å². The molecule has 2 nitrogen and oxygen atoms in total. The third-order valence-corrected chi connectivity index (χ3v) is 3.33. The van der Waals surface area contributed by atoms with Crippen LogP contribution in [0, 0.1) is 6.92 Å². The molecule has 0 saturated carbocycles. The van der Waals surface area contributed by atoms with E-state index in [-0.39, 0.29) is 6.04 Å². The highest BCUT2D eigenvalue weighted by atomic mass is 32.2. The Hall–Kier alpha value is -0.670. The van der Waals surface area contributed by atoms with E-state index < -0.39 is 0 Å². The number of thioether (sulfide) groups is 1. The summed E-state index contributed by atoms with van der Waals surface area (Å²) in [5.74, 6) is 1.57. The molecule has 0 saturated heterocycles. The summed E-state index contributed by atoms with van der Waals surface area (Å²) < 4.78 is 0. The summed E-state index contributed by atoms with van der Waals surface area (Å²) in [6.45, 7) is 5.07. The SMILES string of the molecule is CSCCCNC(C)c1ccc(C)cc1O. The van der Waals surface area contributed by atoms with Crippen LogP contribution in [0.3, 0.4) is 0 Å². The maximum atomic E-state index is 9.82. The number of rotatable bonds is 6. The van der Waals surface area contributed by atoms with Crippen molar-refractivity contribution in [3.8, 4) is 5.75 Å². The maximum Gasteiger partial charge on any atom is 0.120 e. The van der Waals surface area contributed by atoms with Crippen molar-refractivity contribution in [1.82, 2.24) is 5.32 Å². The van der Waals surface area contributed by atoms with Gasteiger partial charge in [-0.1, -0.05) is 12.1 Å². The molecule has 16 heavy (non-hydrogen) atoms. The standard InChI is InChI=1S/C13H21NOS/c1-10-5-6-12(13(15)9-10)11(2)14-7-4-8-16-3/h5-6,9,11,14-15H,4,7-8H2,1-3H3. The van der Waals surface area contributed by atoms with E-state index in [4.69, 9.17) is 0 Å². The summed E-state index contributed by atoms with van der Waals surface area (Å²) in [6, 6.07) is 6.06. The van der Waals surface area contributed by atoms with Crippen LogP contribution in [-0.4, -0.2) is 23.7 Å². The molecule has 3 heteroatoms. The second-order valence-electron chi connectivity index (χ2n) is 4.08. The Morgan fingerprint density at radius 3 is 2.81 bits per heavy atom. The number of hydrogen-bond donors (Lipinski definition) is 2. The van der Waals surface area contributed by atoms with Crippen molar-refractivity contribution in [1.29, 1.82) is 0 Å². The number of aromatic hydroxyl groups is 1. The van der Waals surface area contributed by atoms with Gasteiger partial charge >= 0.3 is 0 Å². The van der Waals surface area contributed by atoms with Gasteiger partial charge in [0.1, 0.15) is 5.75 Å². The minimum atomic E-state index is 0.211. The third-order valence-electron chi connectivity index (χ3n) is 2.63. The zero-order valence-corrected chi connectivity index (χ0v) is 11.1. The van der Waals surface area contributed by atoms with Crippen molar-refractivity contribution >= 4 is 11.8 Å². The molecule has 0 radical (unpaired) electrons. The van der Waals surface area contributed by atoms with Gasteiger partial charge in [-0.2, -0.15) is 11.8 Å². The Kier molecular flexibility index (Phi) is 5.71. The molecule has 0 spiro atoms. The minimum absolute atomic E-state index is 0.211. The van der Waals surface area contributed by atoms with E-state index in [0.717, 1.165) is 24.1 Å². The van der Waals surface area contributed by atoms with Crippen molar-refractivity contribution in [2.24, 2.45) is 0 Å². The molecule has 1 rings (SSSR count). The molecule has 1 aromatic carbocycles. The van der Waals surface area contributed by atoms with E-state index in [0.29, 0.717) is 5.75 Å². The zero-order valence-electron chi connectivity index (χ0n) is 10.3. The van der Waals surface area contributed by atoms with E-state index in [1.165, 1.54) is 5.75 Å². The third kappa shape index (κ3) is 4.06. The van der Waals surface area contributed by atoms with E-state index in [1.54, 1.807) is 0 Å². The Balaban J connectivity index is 2.49. The smallest absolute Gasteiger partial charge is 0.120 e. The van der Waals surface area contributed by atoms with Crippen LogP contribution in [0.25, 0.3) is 0 Å². The summed E-state index contributed by atoms with van der Waals surface area (Å²) in [6.07, 6.45) is 3.29. The number of hydrogen-bond acceptors (Lipinski definition) is 3.